The first-order valence-electron chi connectivity index (χ1n) is 11.5. The number of cyclic esters (lactones) is 1. The van der Waals surface area contributed by atoms with Crippen LogP contribution in [0.2, 0.25) is 0 Å². The number of fused-ring (bicyclic) bond motifs is 3. The fourth-order valence-electron chi connectivity index (χ4n) is 4.83. The molecule has 4 heterocycles. The molecule has 2 aliphatic rings. The second kappa shape index (κ2) is 8.75. The molecule has 0 bridgehead atoms. The maximum absolute atomic E-state index is 14.0. The molecule has 2 aliphatic heterocycles. The standard InChI is InChI=1S/C24H24F4N6O2/c1-12-8-15-9-16(24(26,27)28)4-5-17(15)33-11-30-20(21(12)33)14(3)31-22-29-7-6-19(32-22)34-18(13(2)25)10-36-23(34)35/h4-7,9,11-14,18H,8,10H2,1-3H3,(H,29,31,32)/t12?,13?,14-,18+/m0/s1. The lowest BCUT2D eigenvalue weighted by Crippen LogP contribution is -2.39. The summed E-state index contributed by atoms with van der Waals surface area (Å²) < 4.78 is 60.4. The Labute approximate surface area is 204 Å². The van der Waals surface area contributed by atoms with Crippen molar-refractivity contribution in [2.24, 2.45) is 0 Å². The molecule has 1 amide bonds. The van der Waals surface area contributed by atoms with Crippen LogP contribution in [0.25, 0.3) is 5.69 Å². The van der Waals surface area contributed by atoms with Gasteiger partial charge < -0.3 is 14.6 Å². The van der Waals surface area contributed by atoms with E-state index >= 15 is 0 Å². The minimum Gasteiger partial charge on any atom is -0.447 e. The number of anilines is 2. The van der Waals surface area contributed by atoms with Gasteiger partial charge in [-0.05, 0) is 50.1 Å². The number of hydrogen-bond acceptors (Lipinski definition) is 6. The predicted octanol–water partition coefficient (Wildman–Crippen LogP) is 5.20. The molecule has 2 unspecified atom stereocenters. The Hall–Kier alpha value is -3.70. The maximum atomic E-state index is 14.0. The number of nitrogens with one attached hydrogen (secondary N) is 1. The van der Waals surface area contributed by atoms with E-state index in [1.54, 1.807) is 6.33 Å². The summed E-state index contributed by atoms with van der Waals surface area (Å²) >= 11 is 0. The summed E-state index contributed by atoms with van der Waals surface area (Å²) in [7, 11) is 0. The first kappa shape index (κ1) is 24.0. The lowest BCUT2D eigenvalue weighted by molar-refractivity contribution is -0.137. The molecule has 0 saturated carbocycles. The van der Waals surface area contributed by atoms with Crippen LogP contribution in [-0.4, -0.2) is 44.4 Å². The number of carbonyl (C=O) groups is 1. The highest BCUT2D eigenvalue weighted by Gasteiger charge is 2.39. The average Bonchev–Trinajstić information content (AvgIpc) is 3.43. The van der Waals surface area contributed by atoms with E-state index in [2.05, 4.69) is 20.3 Å². The van der Waals surface area contributed by atoms with E-state index < -0.39 is 30.0 Å². The van der Waals surface area contributed by atoms with Gasteiger partial charge in [-0.25, -0.2) is 19.2 Å². The molecule has 0 aliphatic carbocycles. The highest BCUT2D eigenvalue weighted by molar-refractivity contribution is 5.89. The molecular weight excluding hydrogens is 480 g/mol. The van der Waals surface area contributed by atoms with Crippen molar-refractivity contribution >= 4 is 17.9 Å². The molecule has 3 aromatic rings. The number of nitrogens with zero attached hydrogens (tertiary/aromatic N) is 5. The molecule has 1 saturated heterocycles. The van der Waals surface area contributed by atoms with Gasteiger partial charge in [0.25, 0.3) is 0 Å². The van der Waals surface area contributed by atoms with Gasteiger partial charge in [0.05, 0.1) is 35.0 Å². The van der Waals surface area contributed by atoms with Crippen molar-refractivity contribution < 1.29 is 27.1 Å². The maximum Gasteiger partial charge on any atom is 0.416 e. The lowest BCUT2D eigenvalue weighted by Gasteiger charge is -2.27. The van der Waals surface area contributed by atoms with E-state index in [1.165, 1.54) is 36.2 Å². The van der Waals surface area contributed by atoms with Gasteiger partial charge in [-0.3, -0.25) is 4.90 Å². The van der Waals surface area contributed by atoms with Gasteiger partial charge in [0.2, 0.25) is 5.95 Å². The van der Waals surface area contributed by atoms with E-state index in [9.17, 15) is 22.4 Å². The summed E-state index contributed by atoms with van der Waals surface area (Å²) in [6.07, 6.45) is -2.88. The Morgan fingerprint density at radius 3 is 2.69 bits per heavy atom. The first-order valence-corrected chi connectivity index (χ1v) is 11.5. The minimum atomic E-state index is -4.40. The number of imidazole rings is 1. The van der Waals surface area contributed by atoms with Crippen LogP contribution in [-0.2, 0) is 17.3 Å². The summed E-state index contributed by atoms with van der Waals surface area (Å²) in [6, 6.07) is 4.11. The van der Waals surface area contributed by atoms with E-state index in [-0.39, 0.29) is 30.3 Å². The number of rotatable bonds is 5. The van der Waals surface area contributed by atoms with Gasteiger partial charge in [-0.1, -0.05) is 6.92 Å². The molecule has 12 heteroatoms. The fraction of sp³-hybridized carbons (Fsp3) is 0.417. The fourth-order valence-corrected chi connectivity index (χ4v) is 4.83. The van der Waals surface area contributed by atoms with Gasteiger partial charge in [-0.15, -0.1) is 0 Å². The van der Waals surface area contributed by atoms with Crippen LogP contribution >= 0.6 is 0 Å². The molecule has 1 fully saturated rings. The van der Waals surface area contributed by atoms with Crippen molar-refractivity contribution in [3.63, 3.8) is 0 Å². The second-order valence-corrected chi connectivity index (χ2v) is 9.13. The van der Waals surface area contributed by atoms with Crippen molar-refractivity contribution in [1.82, 2.24) is 19.5 Å². The summed E-state index contributed by atoms with van der Waals surface area (Å²) in [5.41, 5.74) is 2.19. The van der Waals surface area contributed by atoms with E-state index in [0.29, 0.717) is 23.4 Å². The van der Waals surface area contributed by atoms with E-state index in [1.807, 2.05) is 18.4 Å². The number of halogens is 4. The van der Waals surface area contributed by atoms with Crippen LogP contribution in [0, 0.1) is 0 Å². The molecule has 190 valence electrons. The molecule has 36 heavy (non-hydrogen) atoms. The van der Waals surface area contributed by atoms with Crippen LogP contribution in [0.4, 0.5) is 34.1 Å². The van der Waals surface area contributed by atoms with Crippen molar-refractivity contribution in [3.05, 3.63) is 59.3 Å². The number of hydrogen-bond donors (Lipinski definition) is 1. The Balaban J connectivity index is 1.41. The van der Waals surface area contributed by atoms with Crippen LogP contribution in [0.1, 0.15) is 55.2 Å². The smallest absolute Gasteiger partial charge is 0.416 e. The molecule has 8 nitrogen and oxygen atoms in total. The summed E-state index contributed by atoms with van der Waals surface area (Å²) in [6.45, 7) is 5.10. The lowest BCUT2D eigenvalue weighted by atomic mass is 9.89. The first-order chi connectivity index (χ1) is 17.0. The zero-order valence-corrected chi connectivity index (χ0v) is 19.8. The Kier molecular flexibility index (Phi) is 5.84. The Morgan fingerprint density at radius 2 is 1.97 bits per heavy atom. The normalized spacial score (nSPS) is 21.0. The van der Waals surface area contributed by atoms with Crippen molar-refractivity contribution in [2.75, 3.05) is 16.8 Å². The largest absolute Gasteiger partial charge is 0.447 e. The number of amides is 1. The van der Waals surface area contributed by atoms with Crippen molar-refractivity contribution in [1.29, 1.82) is 0 Å². The molecule has 4 atom stereocenters. The average molecular weight is 504 g/mol. The molecule has 0 spiro atoms. The zero-order valence-electron chi connectivity index (χ0n) is 19.8. The number of carbonyl (C=O) groups excluding carboxylic acids is 1. The second-order valence-electron chi connectivity index (χ2n) is 9.13. The monoisotopic (exact) mass is 504 g/mol. The van der Waals surface area contributed by atoms with E-state index in [0.717, 1.165) is 11.8 Å². The van der Waals surface area contributed by atoms with Crippen LogP contribution in [0.15, 0.2) is 36.8 Å². The zero-order chi connectivity index (χ0) is 25.8. The van der Waals surface area contributed by atoms with Gasteiger partial charge >= 0.3 is 12.3 Å². The number of ether oxygens (including phenoxy) is 1. The van der Waals surface area contributed by atoms with Crippen LogP contribution in [0.3, 0.4) is 0 Å². The third-order valence-corrected chi connectivity index (χ3v) is 6.57. The number of alkyl halides is 4. The molecule has 5 rings (SSSR count). The summed E-state index contributed by atoms with van der Waals surface area (Å²) in [5.74, 6) is 0.345. The van der Waals surface area contributed by atoms with Gasteiger partial charge in [-0.2, -0.15) is 18.2 Å². The highest BCUT2D eigenvalue weighted by Crippen LogP contribution is 2.39. The Bertz CT molecular complexity index is 1310. The quantitative estimate of drug-likeness (QED) is 0.481. The third-order valence-electron chi connectivity index (χ3n) is 6.57. The van der Waals surface area contributed by atoms with Crippen LogP contribution in [0.5, 0.6) is 0 Å². The predicted molar refractivity (Wildman–Crippen MR) is 123 cm³/mol. The third kappa shape index (κ3) is 4.14. The topological polar surface area (TPSA) is 85.2 Å². The molecule has 1 N–H and O–H groups in total. The minimum absolute atomic E-state index is 0.0652. The van der Waals surface area contributed by atoms with E-state index in [4.69, 9.17) is 4.74 Å². The van der Waals surface area contributed by atoms with Crippen LogP contribution < -0.4 is 10.2 Å². The van der Waals surface area contributed by atoms with Crippen molar-refractivity contribution in [3.8, 4) is 5.69 Å². The SMILES string of the molecule is CC1Cc2cc(C(F)(F)F)ccc2-n2cnc([C@H](C)Nc3nccc(N4C(=O)OC[C@@H]4C(C)F)n3)c21. The molecule has 1 aromatic carbocycles. The van der Waals surface area contributed by atoms with Gasteiger partial charge in [0.15, 0.2) is 0 Å². The van der Waals surface area contributed by atoms with Crippen molar-refractivity contribution in [2.45, 2.75) is 57.5 Å². The number of aromatic nitrogens is 4. The highest BCUT2D eigenvalue weighted by atomic mass is 19.4. The molecular formula is C24H24F4N6O2. The van der Waals surface area contributed by atoms with Gasteiger partial charge in [0.1, 0.15) is 24.6 Å². The number of benzene rings is 1. The summed E-state index contributed by atoms with van der Waals surface area (Å²) in [5, 5.41) is 3.17. The molecule has 0 radical (unpaired) electrons. The van der Waals surface area contributed by atoms with Gasteiger partial charge in [0, 0.05) is 12.1 Å². The molecule has 2 aromatic heterocycles. The Morgan fingerprint density at radius 1 is 1.19 bits per heavy atom. The summed E-state index contributed by atoms with van der Waals surface area (Å²) in [4.78, 5) is 26.5.